The summed E-state index contributed by atoms with van der Waals surface area (Å²) in [5.74, 6) is 0.747. The van der Waals surface area contributed by atoms with E-state index in [9.17, 15) is 5.11 Å². The molecule has 1 aliphatic heterocycles. The Bertz CT molecular complexity index is 938. The Morgan fingerprint density at radius 1 is 1.20 bits per heavy atom. The maximum absolute atomic E-state index is 10.2. The quantitative estimate of drug-likeness (QED) is 0.546. The zero-order valence-corrected chi connectivity index (χ0v) is 14.5. The standard InChI is InChI=1S/C18H16N4O2S/c1-12-11-25-18(22(12)13-5-3-2-4-6-13)21-20-14-10-17-15(9-16(14)23)19-7-8-24-17/h2-6,9-11H,7-8H2,1H3,(H,19,23)/p+1. The summed E-state index contributed by atoms with van der Waals surface area (Å²) < 4.78 is 7.62. The summed E-state index contributed by atoms with van der Waals surface area (Å²) >= 11 is 1.50. The number of aromatic nitrogens is 1. The molecule has 1 aliphatic rings. The molecule has 6 nitrogen and oxygen atoms in total. The fraction of sp³-hybridized carbons (Fsp3) is 0.167. The minimum absolute atomic E-state index is 0.0695. The van der Waals surface area contributed by atoms with Crippen molar-refractivity contribution in [1.29, 1.82) is 0 Å². The van der Waals surface area contributed by atoms with Crippen LogP contribution in [0.1, 0.15) is 5.69 Å². The molecule has 0 fully saturated rings. The van der Waals surface area contributed by atoms with Crippen molar-refractivity contribution < 1.29 is 14.4 Å². The van der Waals surface area contributed by atoms with Gasteiger partial charge in [0.05, 0.1) is 10.8 Å². The molecule has 0 atom stereocenters. The fourth-order valence-electron chi connectivity index (χ4n) is 2.69. The second-order valence-electron chi connectivity index (χ2n) is 5.64. The van der Waals surface area contributed by atoms with Gasteiger partial charge in [-0.1, -0.05) is 18.2 Å². The fourth-order valence-corrected chi connectivity index (χ4v) is 3.52. The molecule has 0 spiro atoms. The van der Waals surface area contributed by atoms with Gasteiger partial charge in [0.25, 0.3) is 0 Å². The van der Waals surface area contributed by atoms with Crippen LogP contribution in [0.2, 0.25) is 0 Å². The first kappa shape index (κ1) is 15.6. The zero-order chi connectivity index (χ0) is 17.2. The summed E-state index contributed by atoms with van der Waals surface area (Å²) in [6, 6.07) is 13.3. The molecule has 0 saturated heterocycles. The Morgan fingerprint density at radius 2 is 2.04 bits per heavy atom. The normalized spacial score (nSPS) is 13.3. The molecule has 0 unspecified atom stereocenters. The van der Waals surface area contributed by atoms with Gasteiger partial charge < -0.3 is 15.2 Å². The van der Waals surface area contributed by atoms with Crippen LogP contribution in [0.5, 0.6) is 11.5 Å². The van der Waals surface area contributed by atoms with Crippen molar-refractivity contribution in [2.45, 2.75) is 6.92 Å². The summed E-state index contributed by atoms with van der Waals surface area (Å²) in [6.45, 7) is 3.34. The number of fused-ring (bicyclic) bond motifs is 1. The predicted octanol–water partition coefficient (Wildman–Crippen LogP) is 4.26. The highest BCUT2D eigenvalue weighted by Crippen LogP contribution is 2.39. The molecule has 0 radical (unpaired) electrons. The summed E-state index contributed by atoms with van der Waals surface area (Å²) in [7, 11) is 0. The van der Waals surface area contributed by atoms with Gasteiger partial charge in [-0.2, -0.15) is 4.57 Å². The average molecular weight is 353 g/mol. The number of azo groups is 1. The van der Waals surface area contributed by atoms with E-state index in [1.165, 1.54) is 11.3 Å². The van der Waals surface area contributed by atoms with Crippen LogP contribution in [0, 0.1) is 6.92 Å². The summed E-state index contributed by atoms with van der Waals surface area (Å²) in [5.41, 5.74) is 3.26. The Kier molecular flexibility index (Phi) is 4.07. The van der Waals surface area contributed by atoms with Crippen molar-refractivity contribution >= 4 is 27.8 Å². The largest absolute Gasteiger partial charge is 0.505 e. The number of benzene rings is 2. The first-order valence-electron chi connectivity index (χ1n) is 7.93. The molecule has 126 valence electrons. The number of para-hydroxylation sites is 1. The molecule has 0 aliphatic carbocycles. The van der Waals surface area contributed by atoms with Crippen LogP contribution in [0.4, 0.5) is 16.5 Å². The molecular formula is C18H17N4O2S+. The van der Waals surface area contributed by atoms with Crippen LogP contribution in [0.3, 0.4) is 0 Å². The Hall–Kier alpha value is -2.93. The number of phenols is 1. The third kappa shape index (κ3) is 3.06. The lowest BCUT2D eigenvalue weighted by Crippen LogP contribution is -2.31. The van der Waals surface area contributed by atoms with Gasteiger partial charge in [-0.25, -0.2) is 0 Å². The second-order valence-corrected chi connectivity index (χ2v) is 6.48. The average Bonchev–Trinajstić information content (AvgIpc) is 3.01. The van der Waals surface area contributed by atoms with Gasteiger partial charge in [-0.15, -0.1) is 0 Å². The van der Waals surface area contributed by atoms with E-state index in [1.54, 1.807) is 12.1 Å². The van der Waals surface area contributed by atoms with E-state index in [1.807, 2.05) is 47.2 Å². The van der Waals surface area contributed by atoms with Crippen molar-refractivity contribution in [3.63, 3.8) is 0 Å². The number of aryl methyl sites for hydroxylation is 1. The highest BCUT2D eigenvalue weighted by atomic mass is 32.1. The van der Waals surface area contributed by atoms with Crippen molar-refractivity contribution in [2.24, 2.45) is 10.2 Å². The number of hydrogen-bond acceptors (Lipinski definition) is 6. The molecule has 3 aromatic rings. The first-order chi connectivity index (χ1) is 12.2. The molecule has 0 amide bonds. The van der Waals surface area contributed by atoms with Gasteiger partial charge in [0.2, 0.25) is 0 Å². The van der Waals surface area contributed by atoms with Crippen molar-refractivity contribution in [2.75, 3.05) is 18.5 Å². The molecule has 2 heterocycles. The summed E-state index contributed by atoms with van der Waals surface area (Å²) in [6.07, 6.45) is 0. The van der Waals surface area contributed by atoms with Crippen LogP contribution >= 0.6 is 11.3 Å². The molecule has 2 aromatic carbocycles. The summed E-state index contributed by atoms with van der Waals surface area (Å²) in [5, 5.41) is 24.7. The molecule has 25 heavy (non-hydrogen) atoms. The second kappa shape index (κ2) is 6.52. The Balaban J connectivity index is 1.70. The molecule has 2 N–H and O–H groups in total. The van der Waals surface area contributed by atoms with Crippen LogP contribution in [0.15, 0.2) is 58.1 Å². The van der Waals surface area contributed by atoms with E-state index in [0.29, 0.717) is 18.0 Å². The number of hydrogen-bond donors (Lipinski definition) is 2. The van der Waals surface area contributed by atoms with E-state index in [0.717, 1.165) is 28.7 Å². The number of aromatic hydroxyl groups is 1. The molecule has 0 saturated carbocycles. The topological polar surface area (TPSA) is 70.1 Å². The highest BCUT2D eigenvalue weighted by molar-refractivity contribution is 7.13. The SMILES string of the molecule is Cc1csc(/N=N/c2cc3c(cc2O)NCCO3)[n+]1-c1ccccc1. The third-order valence-electron chi connectivity index (χ3n) is 3.89. The predicted molar refractivity (Wildman–Crippen MR) is 96.9 cm³/mol. The zero-order valence-electron chi connectivity index (χ0n) is 13.6. The van der Waals surface area contributed by atoms with Crippen molar-refractivity contribution in [3.05, 3.63) is 53.5 Å². The third-order valence-corrected chi connectivity index (χ3v) is 4.82. The minimum Gasteiger partial charge on any atom is -0.505 e. The van der Waals surface area contributed by atoms with E-state index in [4.69, 9.17) is 4.74 Å². The van der Waals surface area contributed by atoms with Gasteiger partial charge >= 0.3 is 5.13 Å². The summed E-state index contributed by atoms with van der Waals surface area (Å²) in [4.78, 5) is 0. The monoisotopic (exact) mass is 353 g/mol. The number of nitrogens with zero attached hydrogens (tertiary/aromatic N) is 3. The number of nitrogens with one attached hydrogen (secondary N) is 1. The van der Waals surface area contributed by atoms with Crippen LogP contribution in [-0.2, 0) is 0 Å². The van der Waals surface area contributed by atoms with Gasteiger partial charge in [-0.3, -0.25) is 0 Å². The number of phenolic OH excluding ortho intramolecular Hbond substituents is 1. The lowest BCUT2D eigenvalue weighted by Gasteiger charge is -2.19. The maximum Gasteiger partial charge on any atom is 0.413 e. The number of thiazole rings is 1. The first-order valence-corrected chi connectivity index (χ1v) is 8.81. The number of anilines is 1. The van der Waals surface area contributed by atoms with E-state index in [-0.39, 0.29) is 5.75 Å². The van der Waals surface area contributed by atoms with Gasteiger partial charge in [0.15, 0.2) is 5.69 Å². The molecular weight excluding hydrogens is 336 g/mol. The molecule has 0 bridgehead atoms. The van der Waals surface area contributed by atoms with Gasteiger partial charge in [-0.05, 0) is 35.5 Å². The van der Waals surface area contributed by atoms with Crippen LogP contribution in [0.25, 0.3) is 5.69 Å². The van der Waals surface area contributed by atoms with Crippen LogP contribution in [-0.4, -0.2) is 18.3 Å². The molecule has 1 aromatic heterocycles. The van der Waals surface area contributed by atoms with E-state index < -0.39 is 0 Å². The van der Waals surface area contributed by atoms with Gasteiger partial charge in [0, 0.05) is 24.1 Å². The Morgan fingerprint density at radius 3 is 2.88 bits per heavy atom. The van der Waals surface area contributed by atoms with E-state index >= 15 is 0 Å². The Labute approximate surface area is 149 Å². The highest BCUT2D eigenvalue weighted by Gasteiger charge is 2.20. The minimum atomic E-state index is 0.0695. The lowest BCUT2D eigenvalue weighted by atomic mass is 10.2. The molecule has 4 rings (SSSR count). The molecule has 7 heteroatoms. The van der Waals surface area contributed by atoms with Crippen molar-refractivity contribution in [3.8, 4) is 17.2 Å². The maximum atomic E-state index is 10.2. The lowest BCUT2D eigenvalue weighted by molar-refractivity contribution is -0.584. The number of ether oxygens (including phenoxy) is 1. The smallest absolute Gasteiger partial charge is 0.413 e. The van der Waals surface area contributed by atoms with E-state index in [2.05, 4.69) is 15.5 Å². The van der Waals surface area contributed by atoms with Gasteiger partial charge in [0.1, 0.15) is 29.5 Å². The number of rotatable bonds is 3. The van der Waals surface area contributed by atoms with Crippen LogP contribution < -0.4 is 14.6 Å². The van der Waals surface area contributed by atoms with Crippen molar-refractivity contribution in [1.82, 2.24) is 0 Å².